The number of rotatable bonds is 7. The molecule has 0 radical (unpaired) electrons. The van der Waals surface area contributed by atoms with Crippen molar-refractivity contribution in [1.29, 1.82) is 0 Å². The van der Waals surface area contributed by atoms with Crippen molar-refractivity contribution >= 4 is 28.3 Å². The Balaban J connectivity index is 1.66. The van der Waals surface area contributed by atoms with Crippen LogP contribution in [0.2, 0.25) is 0 Å². The molecule has 0 aliphatic heterocycles. The fraction of sp³-hybridized carbons (Fsp3) is 0.143. The molecule has 3 N–H and O–H groups in total. The molecule has 0 spiro atoms. The fourth-order valence-corrected chi connectivity index (χ4v) is 2.99. The summed E-state index contributed by atoms with van der Waals surface area (Å²) in [5.74, 6) is -0.980. The van der Waals surface area contributed by atoms with Crippen LogP contribution in [0.4, 0.5) is 5.69 Å². The zero-order valence-corrected chi connectivity index (χ0v) is 15.0. The van der Waals surface area contributed by atoms with Crippen LogP contribution in [-0.2, 0) is 22.4 Å². The van der Waals surface area contributed by atoms with E-state index in [1.165, 1.54) is 12.1 Å². The number of nitro groups is 1. The van der Waals surface area contributed by atoms with Crippen molar-refractivity contribution in [3.63, 3.8) is 0 Å². The van der Waals surface area contributed by atoms with Gasteiger partial charge in [0.2, 0.25) is 11.8 Å². The first-order chi connectivity index (χ1) is 13.4. The molecule has 3 aromatic carbocycles. The Morgan fingerprint density at radius 3 is 2.25 bits per heavy atom. The van der Waals surface area contributed by atoms with Crippen LogP contribution < -0.4 is 11.1 Å². The Bertz CT molecular complexity index is 1030. The normalized spacial score (nSPS) is 11.7. The summed E-state index contributed by atoms with van der Waals surface area (Å²) in [6, 6.07) is 18.5. The third-order valence-electron chi connectivity index (χ3n) is 4.44. The minimum absolute atomic E-state index is 0.0419. The van der Waals surface area contributed by atoms with E-state index in [1.807, 2.05) is 42.5 Å². The largest absolute Gasteiger partial charge is 0.368 e. The number of nitrogens with one attached hydrogen (secondary N) is 1. The van der Waals surface area contributed by atoms with E-state index < -0.39 is 16.9 Å². The van der Waals surface area contributed by atoms with Crippen LogP contribution in [0.3, 0.4) is 0 Å². The summed E-state index contributed by atoms with van der Waals surface area (Å²) in [4.78, 5) is 34.3. The topological polar surface area (TPSA) is 115 Å². The Labute approximate surface area is 161 Å². The molecule has 0 fully saturated rings. The predicted octanol–water partition coefficient (Wildman–Crippen LogP) is 2.50. The molecule has 7 heteroatoms. The summed E-state index contributed by atoms with van der Waals surface area (Å²) in [6.07, 6.45) is 0.283. The van der Waals surface area contributed by atoms with E-state index in [-0.39, 0.29) is 24.4 Å². The summed E-state index contributed by atoms with van der Waals surface area (Å²) >= 11 is 0. The van der Waals surface area contributed by atoms with Gasteiger partial charge in [-0.1, -0.05) is 54.6 Å². The van der Waals surface area contributed by atoms with Gasteiger partial charge < -0.3 is 11.1 Å². The number of nitrogens with two attached hydrogens (primary N) is 1. The van der Waals surface area contributed by atoms with Crippen LogP contribution in [0, 0.1) is 10.1 Å². The molecule has 0 aliphatic rings. The molecule has 0 unspecified atom stereocenters. The van der Waals surface area contributed by atoms with Crippen LogP contribution in [-0.4, -0.2) is 22.8 Å². The summed E-state index contributed by atoms with van der Waals surface area (Å²) in [6.45, 7) is 0. The van der Waals surface area contributed by atoms with Crippen molar-refractivity contribution in [3.8, 4) is 0 Å². The lowest BCUT2D eigenvalue weighted by Crippen LogP contribution is -2.46. The molecular formula is C21H19N3O4. The highest BCUT2D eigenvalue weighted by molar-refractivity contribution is 5.89. The number of primary amides is 1. The number of hydrogen-bond acceptors (Lipinski definition) is 4. The predicted molar refractivity (Wildman–Crippen MR) is 106 cm³/mol. The molecule has 7 nitrogen and oxygen atoms in total. The second kappa shape index (κ2) is 8.30. The Morgan fingerprint density at radius 2 is 1.61 bits per heavy atom. The Hall–Kier alpha value is -3.74. The van der Waals surface area contributed by atoms with Crippen molar-refractivity contribution in [1.82, 2.24) is 5.32 Å². The first kappa shape index (κ1) is 19.0. The van der Waals surface area contributed by atoms with E-state index in [2.05, 4.69) is 5.32 Å². The van der Waals surface area contributed by atoms with E-state index in [4.69, 9.17) is 5.73 Å². The van der Waals surface area contributed by atoms with Gasteiger partial charge in [0, 0.05) is 18.6 Å². The van der Waals surface area contributed by atoms with Gasteiger partial charge in [-0.25, -0.2) is 0 Å². The van der Waals surface area contributed by atoms with Crippen LogP contribution in [0.1, 0.15) is 11.1 Å². The van der Waals surface area contributed by atoms with Gasteiger partial charge in [0.1, 0.15) is 6.04 Å². The van der Waals surface area contributed by atoms with E-state index in [0.717, 1.165) is 16.3 Å². The van der Waals surface area contributed by atoms with Crippen molar-refractivity contribution < 1.29 is 14.5 Å². The molecule has 2 amide bonds. The molecule has 0 bridgehead atoms. The van der Waals surface area contributed by atoms with Gasteiger partial charge in [0.15, 0.2) is 0 Å². The van der Waals surface area contributed by atoms with E-state index in [0.29, 0.717) is 5.56 Å². The maximum atomic E-state index is 12.4. The fourth-order valence-electron chi connectivity index (χ4n) is 2.99. The number of nitrogens with zero attached hydrogens (tertiary/aromatic N) is 1. The standard InChI is InChI=1S/C21H19N3O4/c22-21(26)19(12-14-6-9-18(10-7-14)24(27)28)23-20(25)13-15-5-8-16-3-1-2-4-17(16)11-15/h1-11,19H,12-13H2,(H2,22,26)(H,23,25)/t19-/m1/s1. The van der Waals surface area contributed by atoms with Gasteiger partial charge in [-0.05, 0) is 21.9 Å². The number of fused-ring (bicyclic) bond motifs is 1. The summed E-state index contributed by atoms with van der Waals surface area (Å²) in [5, 5.41) is 15.5. The second-order valence-electron chi connectivity index (χ2n) is 6.51. The number of benzene rings is 3. The highest BCUT2D eigenvalue weighted by Crippen LogP contribution is 2.16. The van der Waals surface area contributed by atoms with Crippen LogP contribution >= 0.6 is 0 Å². The molecule has 142 valence electrons. The van der Waals surface area contributed by atoms with Gasteiger partial charge >= 0.3 is 0 Å². The zero-order valence-electron chi connectivity index (χ0n) is 15.0. The Morgan fingerprint density at radius 1 is 0.964 bits per heavy atom. The highest BCUT2D eigenvalue weighted by Gasteiger charge is 2.19. The highest BCUT2D eigenvalue weighted by atomic mass is 16.6. The molecule has 28 heavy (non-hydrogen) atoms. The molecular weight excluding hydrogens is 358 g/mol. The third kappa shape index (κ3) is 4.70. The number of amides is 2. The average molecular weight is 377 g/mol. The van der Waals surface area contributed by atoms with Crippen LogP contribution in [0.5, 0.6) is 0 Å². The number of carbonyl (C=O) groups is 2. The maximum Gasteiger partial charge on any atom is 0.269 e. The summed E-state index contributed by atoms with van der Waals surface area (Å²) in [7, 11) is 0. The molecule has 0 saturated heterocycles. The second-order valence-corrected chi connectivity index (χ2v) is 6.51. The van der Waals surface area contributed by atoms with Gasteiger partial charge in [-0.15, -0.1) is 0 Å². The lowest BCUT2D eigenvalue weighted by molar-refractivity contribution is -0.384. The van der Waals surface area contributed by atoms with E-state index >= 15 is 0 Å². The SMILES string of the molecule is NC(=O)[C@@H](Cc1ccc([N+](=O)[O-])cc1)NC(=O)Cc1ccc2ccccc2c1. The lowest BCUT2D eigenvalue weighted by Gasteiger charge is -2.16. The quantitative estimate of drug-likeness (QED) is 0.486. The average Bonchev–Trinajstić information content (AvgIpc) is 2.67. The van der Waals surface area contributed by atoms with E-state index in [1.54, 1.807) is 12.1 Å². The third-order valence-corrected chi connectivity index (χ3v) is 4.44. The molecule has 3 rings (SSSR count). The smallest absolute Gasteiger partial charge is 0.269 e. The molecule has 0 aliphatic carbocycles. The number of carbonyl (C=O) groups excluding carboxylic acids is 2. The number of nitro benzene ring substituents is 1. The minimum Gasteiger partial charge on any atom is -0.368 e. The first-order valence-electron chi connectivity index (χ1n) is 8.72. The van der Waals surface area contributed by atoms with Crippen molar-refractivity contribution in [3.05, 3.63) is 88.0 Å². The maximum absolute atomic E-state index is 12.4. The van der Waals surface area contributed by atoms with Crippen molar-refractivity contribution in [2.24, 2.45) is 5.73 Å². The minimum atomic E-state index is -0.894. The van der Waals surface area contributed by atoms with Gasteiger partial charge in [0.25, 0.3) is 5.69 Å². The summed E-state index contributed by atoms with van der Waals surface area (Å²) < 4.78 is 0. The molecule has 1 atom stereocenters. The molecule has 0 heterocycles. The van der Waals surface area contributed by atoms with Gasteiger partial charge in [-0.3, -0.25) is 19.7 Å². The molecule has 0 aromatic heterocycles. The van der Waals surface area contributed by atoms with E-state index in [9.17, 15) is 19.7 Å². The number of hydrogen-bond donors (Lipinski definition) is 2. The lowest BCUT2D eigenvalue weighted by atomic mass is 10.0. The van der Waals surface area contributed by atoms with Crippen molar-refractivity contribution in [2.45, 2.75) is 18.9 Å². The zero-order chi connectivity index (χ0) is 20.1. The van der Waals surface area contributed by atoms with Gasteiger partial charge in [-0.2, -0.15) is 0 Å². The monoisotopic (exact) mass is 377 g/mol. The Kier molecular flexibility index (Phi) is 5.64. The molecule has 0 saturated carbocycles. The molecule has 3 aromatic rings. The summed E-state index contributed by atoms with van der Waals surface area (Å²) in [5.41, 5.74) is 6.87. The van der Waals surface area contributed by atoms with Gasteiger partial charge in [0.05, 0.1) is 11.3 Å². The number of non-ortho nitro benzene ring substituents is 1. The van der Waals surface area contributed by atoms with Crippen LogP contribution in [0.25, 0.3) is 10.8 Å². The van der Waals surface area contributed by atoms with Crippen molar-refractivity contribution in [2.75, 3.05) is 0 Å². The first-order valence-corrected chi connectivity index (χ1v) is 8.72. The van der Waals surface area contributed by atoms with Crippen LogP contribution in [0.15, 0.2) is 66.7 Å².